The number of anilines is 11. The third-order valence-corrected chi connectivity index (χ3v) is 13.9. The molecule has 1 aliphatic carbocycles. The molecule has 1 unspecified atom stereocenters. The topological polar surface area (TPSA) is 13.0 Å². The molecule has 0 spiro atoms. The van der Waals surface area contributed by atoms with Gasteiger partial charge in [0, 0.05) is 67.7 Å². The first-order chi connectivity index (χ1) is 36.1. The molecule has 1 atom stereocenters. The molecular weight excluding hydrogens is 885 g/mol. The van der Waals surface area contributed by atoms with Crippen molar-refractivity contribution in [2.45, 2.75) is 13.3 Å². The van der Waals surface area contributed by atoms with E-state index in [-0.39, 0.29) is 0 Å². The molecule has 0 N–H and O–H groups in total. The van der Waals surface area contributed by atoms with Crippen LogP contribution in [0.1, 0.15) is 13.3 Å². The number of nitrogens with zero attached hydrogens (tertiary/aromatic N) is 4. The summed E-state index contributed by atoms with van der Waals surface area (Å²) in [5.74, 6) is 0.501. The molecule has 0 aliphatic heterocycles. The van der Waals surface area contributed by atoms with Gasteiger partial charge >= 0.3 is 0 Å². The van der Waals surface area contributed by atoms with Gasteiger partial charge in [0.1, 0.15) is 0 Å². The highest BCUT2D eigenvalue weighted by Crippen LogP contribution is 2.44. The van der Waals surface area contributed by atoms with Crippen LogP contribution in [-0.2, 0) is 0 Å². The molecule has 4 heteroatoms. The van der Waals surface area contributed by atoms with Crippen LogP contribution in [0.3, 0.4) is 0 Å². The minimum Gasteiger partial charge on any atom is -0.311 e. The smallest absolute Gasteiger partial charge is 0.0540 e. The first-order valence-electron chi connectivity index (χ1n) is 25.2. The van der Waals surface area contributed by atoms with Gasteiger partial charge in [-0.25, -0.2) is 0 Å². The maximum absolute atomic E-state index is 2.38. The lowest BCUT2D eigenvalue weighted by atomic mass is 10.00. The average molecular weight is 939 g/mol. The van der Waals surface area contributed by atoms with Crippen molar-refractivity contribution in [2.24, 2.45) is 5.92 Å². The van der Waals surface area contributed by atoms with Gasteiger partial charge in [-0.1, -0.05) is 171 Å². The van der Waals surface area contributed by atoms with Crippen LogP contribution >= 0.6 is 0 Å². The van der Waals surface area contributed by atoms with Gasteiger partial charge in [-0.3, -0.25) is 0 Å². The minimum absolute atomic E-state index is 0.501. The average Bonchev–Trinajstić information content (AvgIpc) is 3.46. The summed E-state index contributed by atoms with van der Waals surface area (Å²) in [7, 11) is 0. The van der Waals surface area contributed by atoms with Crippen LogP contribution in [0.4, 0.5) is 62.6 Å². The van der Waals surface area contributed by atoms with Crippen LogP contribution < -0.4 is 19.6 Å². The lowest BCUT2D eigenvalue weighted by Crippen LogP contribution is -2.17. The zero-order chi connectivity index (χ0) is 48.9. The van der Waals surface area contributed by atoms with Crippen molar-refractivity contribution in [3.05, 3.63) is 297 Å². The third kappa shape index (κ3) is 9.15. The zero-order valence-corrected chi connectivity index (χ0v) is 40.8. The normalized spacial score (nSPS) is 13.1. The summed E-state index contributed by atoms with van der Waals surface area (Å²) >= 11 is 0. The maximum Gasteiger partial charge on any atom is 0.0540 e. The zero-order valence-electron chi connectivity index (χ0n) is 40.8. The second-order valence-corrected chi connectivity index (χ2v) is 18.7. The van der Waals surface area contributed by atoms with Crippen molar-refractivity contribution in [1.29, 1.82) is 0 Å². The largest absolute Gasteiger partial charge is 0.311 e. The first kappa shape index (κ1) is 44.8. The summed E-state index contributed by atoms with van der Waals surface area (Å²) in [6, 6.07) is 98.2. The first-order valence-corrected chi connectivity index (χ1v) is 25.2. The molecule has 4 nitrogen and oxygen atoms in total. The van der Waals surface area contributed by atoms with E-state index in [4.69, 9.17) is 0 Å². The number of hydrogen-bond donors (Lipinski definition) is 0. The van der Waals surface area contributed by atoms with Crippen LogP contribution in [0.15, 0.2) is 297 Å². The Bertz CT molecular complexity index is 3690. The Kier molecular flexibility index (Phi) is 12.4. The van der Waals surface area contributed by atoms with E-state index in [2.05, 4.69) is 318 Å². The number of fused-ring (bicyclic) bond motifs is 2. The monoisotopic (exact) mass is 938 g/mol. The predicted molar refractivity (Wildman–Crippen MR) is 311 cm³/mol. The number of benzene rings is 11. The van der Waals surface area contributed by atoms with Crippen LogP contribution in [0.5, 0.6) is 0 Å². The van der Waals surface area contributed by atoms with E-state index in [1.54, 1.807) is 0 Å². The standard InChI is InChI=1S/C69H54N4/c1-51-31-37-59(38-32-51)71(63-45-49-65(50-46-63)73(58-25-9-4-10-26-58)69-30-16-20-55-18-12-14-28-67(55)69)61-41-35-53(36-42-61)52-33-39-60(40-34-52)70(56-21-5-2-6-22-56)62-43-47-64(48-44-62)72(57-23-7-3-8-24-57)68-29-15-19-54-17-11-13-27-66(54)68/h2-31,33-51H,32H2,1H3. The van der Waals surface area contributed by atoms with E-state index in [0.29, 0.717) is 5.92 Å². The molecule has 73 heavy (non-hydrogen) atoms. The number of allylic oxidation sites excluding steroid dienone is 3. The summed E-state index contributed by atoms with van der Waals surface area (Å²) in [5.41, 5.74) is 15.7. The van der Waals surface area contributed by atoms with E-state index in [1.165, 1.54) is 27.2 Å². The van der Waals surface area contributed by atoms with Gasteiger partial charge in [0.15, 0.2) is 0 Å². The van der Waals surface area contributed by atoms with Gasteiger partial charge in [0.05, 0.1) is 11.4 Å². The molecule has 11 aromatic rings. The fourth-order valence-electron chi connectivity index (χ4n) is 10.3. The van der Waals surface area contributed by atoms with E-state index in [9.17, 15) is 0 Å². The lowest BCUT2D eigenvalue weighted by Gasteiger charge is -2.30. The Balaban J connectivity index is 0.845. The maximum atomic E-state index is 2.38. The number of para-hydroxylation sites is 3. The Labute approximate surface area is 428 Å². The highest BCUT2D eigenvalue weighted by atomic mass is 15.2. The van der Waals surface area contributed by atoms with Crippen LogP contribution in [0, 0.1) is 5.92 Å². The summed E-state index contributed by atoms with van der Waals surface area (Å²) in [4.78, 5) is 9.43. The second-order valence-electron chi connectivity index (χ2n) is 18.7. The lowest BCUT2D eigenvalue weighted by molar-refractivity contribution is 0.728. The van der Waals surface area contributed by atoms with E-state index < -0.39 is 0 Å². The number of hydrogen-bond acceptors (Lipinski definition) is 4. The molecule has 0 fully saturated rings. The Hall–Kier alpha value is -9.38. The van der Waals surface area contributed by atoms with Gasteiger partial charge in [0.2, 0.25) is 0 Å². The fraction of sp³-hybridized carbons (Fsp3) is 0.0435. The van der Waals surface area contributed by atoms with E-state index in [1.807, 2.05) is 0 Å². The fourth-order valence-corrected chi connectivity index (χ4v) is 10.3. The van der Waals surface area contributed by atoms with E-state index >= 15 is 0 Å². The molecule has 11 aromatic carbocycles. The van der Waals surface area contributed by atoms with Crippen molar-refractivity contribution in [1.82, 2.24) is 0 Å². The van der Waals surface area contributed by atoms with Crippen LogP contribution in [-0.4, -0.2) is 0 Å². The van der Waals surface area contributed by atoms with Gasteiger partial charge in [-0.05, 0) is 162 Å². The highest BCUT2D eigenvalue weighted by Gasteiger charge is 2.21. The molecule has 0 radical (unpaired) electrons. The summed E-state index contributed by atoms with van der Waals surface area (Å²) in [6.07, 6.45) is 7.96. The van der Waals surface area contributed by atoms with Crippen molar-refractivity contribution in [3.8, 4) is 11.1 Å². The molecule has 1 aliphatic rings. The van der Waals surface area contributed by atoms with Crippen LogP contribution in [0.25, 0.3) is 32.7 Å². The minimum atomic E-state index is 0.501. The van der Waals surface area contributed by atoms with Crippen molar-refractivity contribution >= 4 is 84.1 Å². The van der Waals surface area contributed by atoms with Crippen molar-refractivity contribution < 1.29 is 0 Å². The molecule has 0 amide bonds. The predicted octanol–water partition coefficient (Wildman–Crippen LogP) is 19.7. The SMILES string of the molecule is CC1C=CC(N(c2ccc(-c3ccc(N(c4ccccc4)c4ccc(N(c5ccccc5)c5cccc6ccccc56)cc4)cc3)cc2)c2ccc(N(c3ccccc3)c3cccc4ccccc34)cc2)=CC1. The molecule has 350 valence electrons. The van der Waals surface area contributed by atoms with Gasteiger partial charge in [-0.2, -0.15) is 0 Å². The quantitative estimate of drug-likeness (QED) is 0.114. The molecule has 12 rings (SSSR count). The van der Waals surface area contributed by atoms with Gasteiger partial charge in [0.25, 0.3) is 0 Å². The molecule has 0 heterocycles. The Morgan fingerprint density at radius 3 is 1.00 bits per heavy atom. The van der Waals surface area contributed by atoms with Gasteiger partial charge < -0.3 is 19.6 Å². The number of rotatable bonds is 13. The molecular formula is C69H54N4. The summed E-state index contributed by atoms with van der Waals surface area (Å²) in [6.45, 7) is 2.27. The second kappa shape index (κ2) is 20.2. The summed E-state index contributed by atoms with van der Waals surface area (Å²) in [5, 5.41) is 4.85. The Morgan fingerprint density at radius 2 is 0.603 bits per heavy atom. The Morgan fingerprint density at radius 1 is 0.288 bits per heavy atom. The molecule has 0 aromatic heterocycles. The summed E-state index contributed by atoms with van der Waals surface area (Å²) < 4.78 is 0. The van der Waals surface area contributed by atoms with E-state index in [0.717, 1.165) is 80.1 Å². The van der Waals surface area contributed by atoms with Crippen LogP contribution in [0.2, 0.25) is 0 Å². The van der Waals surface area contributed by atoms with Crippen molar-refractivity contribution in [2.75, 3.05) is 19.6 Å². The van der Waals surface area contributed by atoms with Gasteiger partial charge in [-0.15, -0.1) is 0 Å². The van der Waals surface area contributed by atoms with Crippen molar-refractivity contribution in [3.63, 3.8) is 0 Å². The highest BCUT2D eigenvalue weighted by molar-refractivity contribution is 6.00. The molecule has 0 bridgehead atoms. The molecule has 0 saturated heterocycles. The third-order valence-electron chi connectivity index (χ3n) is 13.9. The molecule has 0 saturated carbocycles.